The monoisotopic (exact) mass is 253 g/mol. The van der Waals surface area contributed by atoms with Gasteiger partial charge in [-0.1, -0.05) is 27.7 Å². The zero-order valence-corrected chi connectivity index (χ0v) is 12.1. The molecule has 0 bridgehead atoms. The third-order valence-electron chi connectivity index (χ3n) is 3.53. The van der Waals surface area contributed by atoms with E-state index in [0.717, 1.165) is 25.1 Å². The van der Waals surface area contributed by atoms with Gasteiger partial charge in [0, 0.05) is 18.8 Å². The second kappa shape index (κ2) is 7.54. The number of rotatable bonds is 8. The van der Waals surface area contributed by atoms with E-state index < -0.39 is 0 Å². The minimum absolute atomic E-state index is 0.142. The van der Waals surface area contributed by atoms with Crippen LogP contribution in [0.5, 0.6) is 0 Å². The minimum Gasteiger partial charge on any atom is -0.395 e. The first-order chi connectivity index (χ1) is 8.62. The molecule has 0 aromatic carbocycles. The molecule has 0 aliphatic heterocycles. The number of hydrogen-bond acceptors (Lipinski definition) is 3. The van der Waals surface area contributed by atoms with Crippen molar-refractivity contribution >= 4 is 0 Å². The molecule has 0 radical (unpaired) electrons. The number of aliphatic hydroxyl groups excluding tert-OH is 1. The van der Waals surface area contributed by atoms with Gasteiger partial charge in [-0.05, 0) is 24.8 Å². The third kappa shape index (κ3) is 4.10. The fraction of sp³-hybridized carbons (Fsp3) is 0.786. The van der Waals surface area contributed by atoms with Crippen molar-refractivity contribution in [1.82, 2.24) is 15.1 Å². The van der Waals surface area contributed by atoms with Crippen LogP contribution in [0.15, 0.2) is 12.3 Å². The van der Waals surface area contributed by atoms with Crippen LogP contribution in [0.3, 0.4) is 0 Å². The predicted molar refractivity (Wildman–Crippen MR) is 74.4 cm³/mol. The molecule has 1 heterocycles. The predicted octanol–water partition coefficient (Wildman–Crippen LogP) is 2.35. The second-order valence-electron chi connectivity index (χ2n) is 5.17. The van der Waals surface area contributed by atoms with E-state index in [-0.39, 0.29) is 12.6 Å². The van der Waals surface area contributed by atoms with Gasteiger partial charge in [0.2, 0.25) is 0 Å². The zero-order chi connectivity index (χ0) is 13.5. The van der Waals surface area contributed by atoms with Crippen molar-refractivity contribution in [3.63, 3.8) is 0 Å². The van der Waals surface area contributed by atoms with E-state index in [9.17, 15) is 5.11 Å². The summed E-state index contributed by atoms with van der Waals surface area (Å²) in [5.74, 6) is 0.427. The van der Waals surface area contributed by atoms with Crippen LogP contribution < -0.4 is 5.32 Å². The van der Waals surface area contributed by atoms with Gasteiger partial charge >= 0.3 is 0 Å². The quantitative estimate of drug-likeness (QED) is 0.747. The summed E-state index contributed by atoms with van der Waals surface area (Å²) >= 11 is 0. The molecule has 0 saturated carbocycles. The highest BCUT2D eigenvalue weighted by atomic mass is 16.3. The van der Waals surface area contributed by atoms with E-state index in [0.29, 0.717) is 12.0 Å². The maximum atomic E-state index is 9.26. The number of nitrogens with one attached hydrogen (secondary N) is 1. The first-order valence-corrected chi connectivity index (χ1v) is 7.00. The summed E-state index contributed by atoms with van der Waals surface area (Å²) in [6.07, 6.45) is 4.27. The molecule has 0 unspecified atom stereocenters. The van der Waals surface area contributed by atoms with Crippen molar-refractivity contribution < 1.29 is 5.11 Å². The summed E-state index contributed by atoms with van der Waals surface area (Å²) in [6.45, 7) is 9.48. The Labute approximate surface area is 110 Å². The maximum Gasteiger partial charge on any atom is 0.0762 e. The minimum atomic E-state index is 0.142. The van der Waals surface area contributed by atoms with Crippen LogP contribution in [0.2, 0.25) is 0 Å². The fourth-order valence-electron chi connectivity index (χ4n) is 2.08. The molecule has 0 amide bonds. The molecule has 1 rings (SSSR count). The number of aliphatic hydroxyl groups is 1. The van der Waals surface area contributed by atoms with Crippen molar-refractivity contribution in [1.29, 1.82) is 0 Å². The lowest BCUT2D eigenvalue weighted by Gasteiger charge is -2.19. The third-order valence-corrected chi connectivity index (χ3v) is 3.53. The molecule has 104 valence electrons. The Balaban J connectivity index is 2.53. The van der Waals surface area contributed by atoms with Crippen LogP contribution in [0.1, 0.15) is 52.3 Å². The molecular weight excluding hydrogens is 226 g/mol. The average Bonchev–Trinajstić information content (AvgIpc) is 2.80. The normalized spacial score (nSPS) is 13.5. The average molecular weight is 253 g/mol. The van der Waals surface area contributed by atoms with E-state index >= 15 is 0 Å². The zero-order valence-electron chi connectivity index (χ0n) is 12.1. The molecule has 2 N–H and O–H groups in total. The van der Waals surface area contributed by atoms with Crippen LogP contribution in [-0.2, 0) is 6.54 Å². The smallest absolute Gasteiger partial charge is 0.0762 e. The number of aromatic nitrogens is 2. The summed E-state index contributed by atoms with van der Waals surface area (Å²) in [5.41, 5.74) is 1.04. The summed E-state index contributed by atoms with van der Waals surface area (Å²) in [7, 11) is 0. The topological polar surface area (TPSA) is 50.1 Å². The van der Waals surface area contributed by atoms with Gasteiger partial charge in [0.05, 0.1) is 18.3 Å². The van der Waals surface area contributed by atoms with Crippen LogP contribution >= 0.6 is 0 Å². The summed E-state index contributed by atoms with van der Waals surface area (Å²) in [6, 6.07) is 2.70. The molecular formula is C14H27N3O. The van der Waals surface area contributed by atoms with Crippen LogP contribution in [-0.4, -0.2) is 27.5 Å². The second-order valence-corrected chi connectivity index (χ2v) is 5.17. The SMILES string of the molecule is CCC(CC)n1ccc(CN[C@H](CO)C(C)C)n1. The molecule has 18 heavy (non-hydrogen) atoms. The van der Waals surface area contributed by atoms with Gasteiger partial charge in [0.1, 0.15) is 0 Å². The standard InChI is InChI=1S/C14H27N3O/c1-5-13(6-2)17-8-7-12(16-17)9-15-14(10-18)11(3)4/h7-8,11,13-15,18H,5-6,9-10H2,1-4H3/t14-/m1/s1. The maximum absolute atomic E-state index is 9.26. The molecule has 0 aliphatic rings. The van der Waals surface area contributed by atoms with Gasteiger partial charge in [-0.25, -0.2) is 0 Å². The molecule has 1 aromatic rings. The highest BCUT2D eigenvalue weighted by Gasteiger charge is 2.12. The highest BCUT2D eigenvalue weighted by Crippen LogP contribution is 2.14. The van der Waals surface area contributed by atoms with E-state index in [1.165, 1.54) is 0 Å². The Morgan fingerprint density at radius 3 is 2.50 bits per heavy atom. The largest absolute Gasteiger partial charge is 0.395 e. The van der Waals surface area contributed by atoms with Crippen molar-refractivity contribution in [3.8, 4) is 0 Å². The summed E-state index contributed by atoms with van der Waals surface area (Å²) in [4.78, 5) is 0. The molecule has 4 nitrogen and oxygen atoms in total. The fourth-order valence-corrected chi connectivity index (χ4v) is 2.08. The van der Waals surface area contributed by atoms with Crippen molar-refractivity contribution in [3.05, 3.63) is 18.0 Å². The molecule has 0 fully saturated rings. The molecule has 0 aliphatic carbocycles. The van der Waals surface area contributed by atoms with Gasteiger partial charge in [0.15, 0.2) is 0 Å². The van der Waals surface area contributed by atoms with Crippen molar-refractivity contribution in [2.75, 3.05) is 6.61 Å². The van der Waals surface area contributed by atoms with E-state index in [4.69, 9.17) is 0 Å². The van der Waals surface area contributed by atoms with Gasteiger partial charge < -0.3 is 10.4 Å². The Hall–Kier alpha value is -0.870. The number of nitrogens with zero attached hydrogens (tertiary/aromatic N) is 2. The van der Waals surface area contributed by atoms with Crippen molar-refractivity contribution in [2.45, 2.75) is 59.2 Å². The molecule has 0 spiro atoms. The van der Waals surface area contributed by atoms with Gasteiger partial charge in [-0.3, -0.25) is 4.68 Å². The Morgan fingerprint density at radius 1 is 1.33 bits per heavy atom. The lowest BCUT2D eigenvalue weighted by Crippen LogP contribution is -2.36. The van der Waals surface area contributed by atoms with Crippen LogP contribution in [0, 0.1) is 5.92 Å². The van der Waals surface area contributed by atoms with Crippen LogP contribution in [0.4, 0.5) is 0 Å². The molecule has 1 atom stereocenters. The van der Waals surface area contributed by atoms with E-state index in [2.05, 4.69) is 55.1 Å². The lowest BCUT2D eigenvalue weighted by atomic mass is 10.1. The molecule has 1 aromatic heterocycles. The summed E-state index contributed by atoms with van der Waals surface area (Å²) < 4.78 is 2.06. The highest BCUT2D eigenvalue weighted by molar-refractivity contribution is 4.99. The van der Waals surface area contributed by atoms with Crippen LogP contribution in [0.25, 0.3) is 0 Å². The lowest BCUT2D eigenvalue weighted by molar-refractivity contribution is 0.209. The van der Waals surface area contributed by atoms with Gasteiger partial charge in [0.25, 0.3) is 0 Å². The first-order valence-electron chi connectivity index (χ1n) is 7.00. The van der Waals surface area contributed by atoms with E-state index in [1.807, 2.05) is 0 Å². The number of hydrogen-bond donors (Lipinski definition) is 2. The van der Waals surface area contributed by atoms with E-state index in [1.54, 1.807) is 0 Å². The Bertz CT molecular complexity index is 332. The Kier molecular flexibility index (Phi) is 6.36. The Morgan fingerprint density at radius 2 is 2.00 bits per heavy atom. The van der Waals surface area contributed by atoms with Gasteiger partial charge in [-0.2, -0.15) is 5.10 Å². The van der Waals surface area contributed by atoms with Crippen molar-refractivity contribution in [2.24, 2.45) is 5.92 Å². The summed E-state index contributed by atoms with van der Waals surface area (Å²) in [5, 5.41) is 17.2. The first kappa shape index (κ1) is 15.2. The molecule has 4 heteroatoms. The van der Waals surface area contributed by atoms with Gasteiger partial charge in [-0.15, -0.1) is 0 Å². The molecule has 0 saturated heterocycles.